The summed E-state index contributed by atoms with van der Waals surface area (Å²) in [7, 11) is 1.60. The molecule has 7 nitrogen and oxygen atoms in total. The van der Waals surface area contributed by atoms with E-state index in [1.807, 2.05) is 35.6 Å². The molecular weight excluding hydrogens is 442 g/mol. The molecule has 0 spiro atoms. The van der Waals surface area contributed by atoms with Crippen LogP contribution in [-0.2, 0) is 17.6 Å². The van der Waals surface area contributed by atoms with Crippen LogP contribution in [0.2, 0.25) is 0 Å². The highest BCUT2D eigenvalue weighted by Crippen LogP contribution is 2.44. The summed E-state index contributed by atoms with van der Waals surface area (Å²) in [5.41, 5.74) is 2.98. The van der Waals surface area contributed by atoms with Crippen molar-refractivity contribution in [1.29, 1.82) is 0 Å². The molecule has 3 heterocycles. The van der Waals surface area contributed by atoms with Crippen molar-refractivity contribution < 1.29 is 9.53 Å². The third kappa shape index (κ3) is 3.44. The van der Waals surface area contributed by atoms with Crippen molar-refractivity contribution in [1.82, 2.24) is 19.6 Å². The average Bonchev–Trinajstić information content (AvgIpc) is 3.47. The normalized spacial score (nSPS) is 15.8. The second-order valence-electron chi connectivity index (χ2n) is 8.31. The van der Waals surface area contributed by atoms with Gasteiger partial charge in [0, 0.05) is 10.8 Å². The van der Waals surface area contributed by atoms with E-state index in [2.05, 4.69) is 19.9 Å². The summed E-state index contributed by atoms with van der Waals surface area (Å²) in [6, 6.07) is 7.41. The molecule has 2 aliphatic carbocycles. The Morgan fingerprint density at radius 3 is 2.94 bits per heavy atom. The summed E-state index contributed by atoms with van der Waals surface area (Å²) >= 11 is 3.24. The minimum atomic E-state index is -0.105. The van der Waals surface area contributed by atoms with Crippen molar-refractivity contribution in [2.24, 2.45) is 0 Å². The van der Waals surface area contributed by atoms with Gasteiger partial charge >= 0.3 is 0 Å². The topological polar surface area (TPSA) is 81.4 Å². The van der Waals surface area contributed by atoms with Crippen molar-refractivity contribution >= 4 is 50.6 Å². The van der Waals surface area contributed by atoms with E-state index in [4.69, 9.17) is 9.72 Å². The summed E-state index contributed by atoms with van der Waals surface area (Å²) in [5, 5.41) is 13.9. The fourth-order valence-corrected chi connectivity index (χ4v) is 6.43. The van der Waals surface area contributed by atoms with Crippen LogP contribution in [0.1, 0.15) is 47.9 Å². The highest BCUT2D eigenvalue weighted by atomic mass is 32.2. The molecule has 0 aliphatic heterocycles. The van der Waals surface area contributed by atoms with Crippen LogP contribution >= 0.6 is 23.1 Å². The lowest BCUT2D eigenvalue weighted by molar-refractivity contribution is -0.113. The first-order valence-corrected chi connectivity index (χ1v) is 12.8. The Morgan fingerprint density at radius 1 is 1.25 bits per heavy atom. The molecule has 164 valence electrons. The molecule has 0 saturated heterocycles. The third-order valence-corrected chi connectivity index (χ3v) is 8.23. The molecule has 1 aromatic carbocycles. The van der Waals surface area contributed by atoms with Gasteiger partial charge in [0.1, 0.15) is 16.4 Å². The first kappa shape index (κ1) is 20.0. The Labute approximate surface area is 193 Å². The van der Waals surface area contributed by atoms with Crippen LogP contribution in [-0.4, -0.2) is 38.4 Å². The number of benzene rings is 1. The third-order valence-electron chi connectivity index (χ3n) is 6.11. The number of ether oxygens (including phenoxy) is 1. The van der Waals surface area contributed by atoms with E-state index < -0.39 is 0 Å². The van der Waals surface area contributed by atoms with Crippen molar-refractivity contribution in [2.45, 2.75) is 49.6 Å². The number of carbonyl (C=O) groups excluding carboxylic acids is 1. The Hall–Kier alpha value is -2.65. The highest BCUT2D eigenvalue weighted by molar-refractivity contribution is 7.99. The van der Waals surface area contributed by atoms with Gasteiger partial charge in [-0.2, -0.15) is 0 Å². The van der Waals surface area contributed by atoms with E-state index in [9.17, 15) is 4.79 Å². The molecule has 0 unspecified atom stereocenters. The van der Waals surface area contributed by atoms with Crippen LogP contribution < -0.4 is 10.1 Å². The lowest BCUT2D eigenvalue weighted by Crippen LogP contribution is -2.15. The van der Waals surface area contributed by atoms with Crippen LogP contribution in [0, 0.1) is 0 Å². The van der Waals surface area contributed by atoms with Crippen LogP contribution in [0.15, 0.2) is 29.4 Å². The number of hydrogen-bond donors (Lipinski definition) is 1. The molecule has 0 radical (unpaired) electrons. The number of rotatable bonds is 6. The number of fused-ring (bicyclic) bond motifs is 5. The van der Waals surface area contributed by atoms with Gasteiger partial charge in [-0.1, -0.05) is 23.9 Å². The van der Waals surface area contributed by atoms with Crippen molar-refractivity contribution in [3.8, 4) is 5.75 Å². The summed E-state index contributed by atoms with van der Waals surface area (Å²) < 4.78 is 7.44. The minimum absolute atomic E-state index is 0.105. The predicted molar refractivity (Wildman–Crippen MR) is 127 cm³/mol. The van der Waals surface area contributed by atoms with Crippen molar-refractivity contribution in [3.05, 3.63) is 40.5 Å². The van der Waals surface area contributed by atoms with Gasteiger partial charge in [-0.15, -0.1) is 21.5 Å². The van der Waals surface area contributed by atoms with E-state index >= 15 is 0 Å². The van der Waals surface area contributed by atoms with E-state index in [0.717, 1.165) is 47.1 Å². The molecule has 3 aromatic heterocycles. The Morgan fingerprint density at radius 2 is 2.09 bits per heavy atom. The zero-order valence-electron chi connectivity index (χ0n) is 17.8. The fourth-order valence-electron chi connectivity index (χ4n) is 4.43. The van der Waals surface area contributed by atoms with Gasteiger partial charge in [0.15, 0.2) is 10.8 Å². The smallest absolute Gasteiger partial charge is 0.234 e. The zero-order chi connectivity index (χ0) is 21.7. The number of nitrogens with zero attached hydrogens (tertiary/aromatic N) is 4. The number of hydrogen-bond acceptors (Lipinski definition) is 7. The number of thioether (sulfide) groups is 1. The number of aryl methyl sites for hydroxylation is 2. The van der Waals surface area contributed by atoms with Gasteiger partial charge in [0.2, 0.25) is 5.91 Å². The Balaban J connectivity index is 1.33. The molecular formula is C23H23N5O2S2. The maximum absolute atomic E-state index is 12.6. The number of para-hydroxylation sites is 2. The standard InChI is InChI=1S/C23H23N5O2S2/c1-30-16-8-4-3-7-15(16)24-18(29)12-31-23-27-26-21-19-14-6-2-5-9-17(14)32-22(19)25-20(28(21)23)13-10-11-13/h3-4,7-8,13H,2,5-6,9-12H2,1H3,(H,24,29). The molecule has 32 heavy (non-hydrogen) atoms. The maximum atomic E-state index is 12.6. The van der Waals surface area contributed by atoms with Gasteiger partial charge in [-0.3, -0.25) is 9.20 Å². The van der Waals surface area contributed by atoms with Crippen LogP contribution in [0.25, 0.3) is 15.9 Å². The van der Waals surface area contributed by atoms with Crippen LogP contribution in [0.5, 0.6) is 5.75 Å². The van der Waals surface area contributed by atoms with Gasteiger partial charge < -0.3 is 10.1 Å². The predicted octanol–water partition coefficient (Wildman–Crippen LogP) is 4.83. The molecule has 1 N–H and O–H groups in total. The first-order chi connectivity index (χ1) is 15.7. The van der Waals surface area contributed by atoms with Gasteiger partial charge in [-0.05, 0) is 56.2 Å². The molecule has 6 rings (SSSR count). The number of thiophene rings is 1. The van der Waals surface area contributed by atoms with E-state index in [1.54, 1.807) is 7.11 Å². The monoisotopic (exact) mass is 465 g/mol. The molecule has 0 atom stereocenters. The van der Waals surface area contributed by atoms with Crippen LogP contribution in [0.4, 0.5) is 5.69 Å². The molecule has 4 aromatic rings. The minimum Gasteiger partial charge on any atom is -0.495 e. The maximum Gasteiger partial charge on any atom is 0.234 e. The molecule has 0 bridgehead atoms. The molecule has 1 amide bonds. The quantitative estimate of drug-likeness (QED) is 0.411. The van der Waals surface area contributed by atoms with Crippen molar-refractivity contribution in [3.63, 3.8) is 0 Å². The molecule has 2 aliphatic rings. The Bertz CT molecular complexity index is 1340. The van der Waals surface area contributed by atoms with E-state index in [1.165, 1.54) is 40.4 Å². The zero-order valence-corrected chi connectivity index (χ0v) is 19.4. The van der Waals surface area contributed by atoms with E-state index in [0.29, 0.717) is 17.4 Å². The number of nitrogens with one attached hydrogen (secondary N) is 1. The number of methoxy groups -OCH3 is 1. The first-order valence-electron chi connectivity index (χ1n) is 11.0. The van der Waals surface area contributed by atoms with Crippen molar-refractivity contribution in [2.75, 3.05) is 18.2 Å². The number of aromatic nitrogens is 4. The summed E-state index contributed by atoms with van der Waals surface area (Å²) in [4.78, 5) is 20.3. The highest BCUT2D eigenvalue weighted by Gasteiger charge is 2.32. The lowest BCUT2D eigenvalue weighted by atomic mass is 9.97. The number of anilines is 1. The van der Waals surface area contributed by atoms with Gasteiger partial charge in [0.05, 0.1) is 23.9 Å². The lowest BCUT2D eigenvalue weighted by Gasteiger charge is -2.11. The summed E-state index contributed by atoms with van der Waals surface area (Å²) in [6.07, 6.45) is 6.99. The number of amides is 1. The largest absolute Gasteiger partial charge is 0.495 e. The fraction of sp³-hybridized carbons (Fsp3) is 0.391. The SMILES string of the molecule is COc1ccccc1NC(=O)CSc1nnc2c3c4c(sc3nc(C3CC3)n12)CCCC4. The van der Waals surface area contributed by atoms with Gasteiger partial charge in [0.25, 0.3) is 0 Å². The van der Waals surface area contributed by atoms with E-state index in [-0.39, 0.29) is 11.7 Å². The molecule has 9 heteroatoms. The molecule has 1 fully saturated rings. The van der Waals surface area contributed by atoms with Crippen LogP contribution in [0.3, 0.4) is 0 Å². The Kier molecular flexibility index (Phi) is 5.02. The average molecular weight is 466 g/mol. The van der Waals surface area contributed by atoms with Gasteiger partial charge in [-0.25, -0.2) is 4.98 Å². The number of carbonyl (C=O) groups is 1. The molecule has 1 saturated carbocycles. The second-order valence-corrected chi connectivity index (χ2v) is 10.3. The summed E-state index contributed by atoms with van der Waals surface area (Å²) in [5.74, 6) is 2.28. The second kappa shape index (κ2) is 8.04. The summed E-state index contributed by atoms with van der Waals surface area (Å²) in [6.45, 7) is 0.